The number of rotatable bonds is 11. The molecule has 1 amide bonds. The van der Waals surface area contributed by atoms with Crippen LogP contribution in [0.25, 0.3) is 0 Å². The quantitative estimate of drug-likeness (QED) is 0.381. The number of nitrogens with zero attached hydrogens (tertiary/aromatic N) is 1. The second-order valence-corrected chi connectivity index (χ2v) is 10.0. The number of hydrogen-bond donors (Lipinski definition) is 2. The Hall–Kier alpha value is -2.15. The number of aryl methyl sites for hydroxylation is 2. The van der Waals surface area contributed by atoms with Gasteiger partial charge in [-0.2, -0.15) is 0 Å². The van der Waals surface area contributed by atoms with Gasteiger partial charge < -0.3 is 20.1 Å². The molecule has 7 nitrogen and oxygen atoms in total. The summed E-state index contributed by atoms with van der Waals surface area (Å²) in [5.74, 6) is 0.530. The number of anilines is 1. The van der Waals surface area contributed by atoms with E-state index in [9.17, 15) is 9.59 Å². The average molecular weight is 460 g/mol. The first-order chi connectivity index (χ1) is 15.9. The van der Waals surface area contributed by atoms with Gasteiger partial charge in [0.05, 0.1) is 12.7 Å². The number of hydrogen-bond acceptors (Lipinski definition) is 6. The Morgan fingerprint density at radius 3 is 2.82 bits per heavy atom. The Labute approximate surface area is 198 Å². The van der Waals surface area contributed by atoms with E-state index in [-0.39, 0.29) is 23.4 Å². The van der Waals surface area contributed by atoms with Crippen LogP contribution in [-0.4, -0.2) is 48.8 Å². The van der Waals surface area contributed by atoms with Gasteiger partial charge in [-0.25, -0.2) is 9.78 Å². The first-order valence-corrected chi connectivity index (χ1v) is 12.6. The monoisotopic (exact) mass is 459 g/mol. The molecule has 0 radical (unpaired) electrons. The lowest BCUT2D eigenvalue weighted by atomic mass is 9.87. The summed E-state index contributed by atoms with van der Waals surface area (Å²) in [6.07, 6.45) is 10.6. The topological polar surface area (TPSA) is 89.5 Å². The highest BCUT2D eigenvalue weighted by molar-refractivity contribution is 5.85. The van der Waals surface area contributed by atoms with Crippen LogP contribution < -0.4 is 10.6 Å². The number of aromatic nitrogens is 1. The molecule has 1 fully saturated rings. The van der Waals surface area contributed by atoms with Crippen molar-refractivity contribution in [1.82, 2.24) is 10.3 Å². The minimum Gasteiger partial charge on any atom is -0.467 e. The molecule has 3 heterocycles. The van der Waals surface area contributed by atoms with Crippen molar-refractivity contribution in [2.45, 2.75) is 96.1 Å². The van der Waals surface area contributed by atoms with E-state index in [0.29, 0.717) is 25.9 Å². The number of methoxy groups -OCH3 is 1. The molecule has 1 saturated heterocycles. The van der Waals surface area contributed by atoms with Crippen molar-refractivity contribution in [2.24, 2.45) is 5.92 Å². The van der Waals surface area contributed by atoms with E-state index in [4.69, 9.17) is 14.5 Å². The normalized spacial score (nSPS) is 20.3. The smallest absolute Gasteiger partial charge is 0.328 e. The Balaban J connectivity index is 1.34. The van der Waals surface area contributed by atoms with E-state index >= 15 is 0 Å². The van der Waals surface area contributed by atoms with Gasteiger partial charge >= 0.3 is 5.97 Å². The van der Waals surface area contributed by atoms with Crippen LogP contribution in [0.5, 0.6) is 0 Å². The summed E-state index contributed by atoms with van der Waals surface area (Å²) in [4.78, 5) is 29.7. The molecule has 0 aliphatic carbocycles. The number of unbranched alkanes of at least 4 members (excludes halogenated alkanes) is 4. The number of carbonyl (C=O) groups is 2. The van der Waals surface area contributed by atoms with E-state index in [1.165, 1.54) is 19.1 Å². The molecule has 0 saturated carbocycles. The van der Waals surface area contributed by atoms with Gasteiger partial charge in [0.25, 0.3) is 0 Å². The summed E-state index contributed by atoms with van der Waals surface area (Å²) in [7, 11) is 1.38. The lowest BCUT2D eigenvalue weighted by Gasteiger charge is -2.35. The van der Waals surface area contributed by atoms with Crippen LogP contribution in [0.4, 0.5) is 5.82 Å². The number of esters is 1. The van der Waals surface area contributed by atoms with Gasteiger partial charge in [0.2, 0.25) is 5.91 Å². The van der Waals surface area contributed by atoms with E-state index in [1.807, 2.05) is 13.8 Å². The third-order valence-corrected chi connectivity index (χ3v) is 6.75. The largest absolute Gasteiger partial charge is 0.467 e. The molecule has 0 aromatic carbocycles. The van der Waals surface area contributed by atoms with Gasteiger partial charge in [0.1, 0.15) is 11.9 Å². The van der Waals surface area contributed by atoms with Gasteiger partial charge in [-0.3, -0.25) is 4.79 Å². The Bertz CT molecular complexity index is 796. The number of fused-ring (bicyclic) bond motifs is 1. The van der Waals surface area contributed by atoms with Crippen LogP contribution in [0.15, 0.2) is 12.1 Å². The molecule has 3 rings (SSSR count). The maximum absolute atomic E-state index is 12.7. The van der Waals surface area contributed by atoms with E-state index in [1.54, 1.807) is 0 Å². The zero-order valence-corrected chi connectivity index (χ0v) is 20.6. The summed E-state index contributed by atoms with van der Waals surface area (Å²) in [5.41, 5.74) is 2.19. The summed E-state index contributed by atoms with van der Waals surface area (Å²) < 4.78 is 10.6. The Morgan fingerprint density at radius 2 is 2.03 bits per heavy atom. The van der Waals surface area contributed by atoms with Crippen molar-refractivity contribution in [3.8, 4) is 0 Å². The summed E-state index contributed by atoms with van der Waals surface area (Å²) in [5, 5.41) is 6.34. The number of amides is 1. The Kier molecular flexibility index (Phi) is 9.53. The molecule has 2 N–H and O–H groups in total. The molecule has 1 aromatic rings. The molecule has 33 heavy (non-hydrogen) atoms. The fourth-order valence-corrected chi connectivity index (χ4v) is 4.83. The number of carbonyl (C=O) groups excluding carboxylic acids is 2. The van der Waals surface area contributed by atoms with Gasteiger partial charge in [-0.05, 0) is 70.4 Å². The van der Waals surface area contributed by atoms with Crippen LogP contribution in [-0.2, 0) is 31.9 Å². The molecule has 2 aliphatic rings. The predicted molar refractivity (Wildman–Crippen MR) is 129 cm³/mol. The van der Waals surface area contributed by atoms with Gasteiger partial charge in [0.15, 0.2) is 0 Å². The second kappa shape index (κ2) is 12.4. The molecule has 0 bridgehead atoms. The highest BCUT2D eigenvalue weighted by Crippen LogP contribution is 2.29. The molecule has 2 aliphatic heterocycles. The van der Waals surface area contributed by atoms with Crippen LogP contribution in [0.2, 0.25) is 0 Å². The van der Waals surface area contributed by atoms with E-state index < -0.39 is 6.04 Å². The number of nitrogens with one attached hydrogen (secondary N) is 2. The minimum atomic E-state index is -0.569. The van der Waals surface area contributed by atoms with Crippen molar-refractivity contribution in [3.63, 3.8) is 0 Å². The number of ether oxygens (including phenoxy) is 2. The van der Waals surface area contributed by atoms with Crippen LogP contribution in [0.1, 0.15) is 82.9 Å². The SMILES string of the molecule is COC(=O)[C@H](CCCCCCCc1ccc2c(n1)NCCC2)NC(=O)C1CCOC(C)(C)C1. The molecule has 1 aromatic heterocycles. The zero-order chi connectivity index (χ0) is 23.7. The predicted octanol–water partition coefficient (Wildman–Crippen LogP) is 4.19. The van der Waals surface area contributed by atoms with Crippen LogP contribution in [0, 0.1) is 5.92 Å². The highest BCUT2D eigenvalue weighted by Gasteiger charge is 2.34. The number of pyridine rings is 1. The maximum atomic E-state index is 12.7. The molecular formula is C26H41N3O4. The average Bonchev–Trinajstić information content (AvgIpc) is 2.81. The van der Waals surface area contributed by atoms with Crippen LogP contribution >= 0.6 is 0 Å². The van der Waals surface area contributed by atoms with Crippen molar-refractivity contribution >= 4 is 17.7 Å². The van der Waals surface area contributed by atoms with Crippen molar-refractivity contribution in [1.29, 1.82) is 0 Å². The summed E-state index contributed by atoms with van der Waals surface area (Å²) >= 11 is 0. The first-order valence-electron chi connectivity index (χ1n) is 12.6. The summed E-state index contributed by atoms with van der Waals surface area (Å²) in [6, 6.07) is 3.81. The Morgan fingerprint density at radius 1 is 1.24 bits per heavy atom. The third kappa shape index (κ3) is 7.98. The minimum absolute atomic E-state index is 0.0613. The van der Waals surface area contributed by atoms with Crippen molar-refractivity contribution in [2.75, 3.05) is 25.6 Å². The fraction of sp³-hybridized carbons (Fsp3) is 0.731. The van der Waals surface area contributed by atoms with Gasteiger partial charge in [0, 0.05) is 24.8 Å². The lowest BCUT2D eigenvalue weighted by molar-refractivity contribution is -0.147. The summed E-state index contributed by atoms with van der Waals surface area (Å²) in [6.45, 7) is 5.60. The van der Waals surface area contributed by atoms with E-state index in [0.717, 1.165) is 63.0 Å². The third-order valence-electron chi connectivity index (χ3n) is 6.75. The van der Waals surface area contributed by atoms with Crippen molar-refractivity contribution in [3.05, 3.63) is 23.4 Å². The fourth-order valence-electron chi connectivity index (χ4n) is 4.83. The van der Waals surface area contributed by atoms with Crippen molar-refractivity contribution < 1.29 is 19.1 Å². The van der Waals surface area contributed by atoms with Crippen LogP contribution in [0.3, 0.4) is 0 Å². The first kappa shape index (κ1) is 25.5. The lowest BCUT2D eigenvalue weighted by Crippen LogP contribution is -2.47. The molecule has 1 unspecified atom stereocenters. The highest BCUT2D eigenvalue weighted by atomic mass is 16.5. The van der Waals surface area contributed by atoms with E-state index in [2.05, 4.69) is 22.8 Å². The molecular weight excluding hydrogens is 418 g/mol. The standard InChI is InChI=1S/C26H41N3O4/c1-26(2)18-20(15-17-33-26)24(30)29-22(25(31)32-3)12-8-6-4-5-7-11-21-14-13-19-10-9-16-27-23(19)28-21/h13-14,20,22H,4-12,15-18H2,1-3H3,(H,27,28)(H,29,30)/t20?,22-/m0/s1. The van der Waals surface area contributed by atoms with Gasteiger partial charge in [-0.15, -0.1) is 0 Å². The van der Waals surface area contributed by atoms with Gasteiger partial charge in [-0.1, -0.05) is 31.7 Å². The maximum Gasteiger partial charge on any atom is 0.328 e. The second-order valence-electron chi connectivity index (χ2n) is 10.0. The molecule has 2 atom stereocenters. The molecule has 184 valence electrons. The molecule has 7 heteroatoms. The molecule has 0 spiro atoms. The zero-order valence-electron chi connectivity index (χ0n) is 20.6.